The van der Waals surface area contributed by atoms with Gasteiger partial charge in [0.1, 0.15) is 5.69 Å². The molecule has 0 unspecified atom stereocenters. The minimum atomic E-state index is -0.0463. The Bertz CT molecular complexity index is 1080. The van der Waals surface area contributed by atoms with Crippen LogP contribution in [-0.2, 0) is 13.6 Å². The summed E-state index contributed by atoms with van der Waals surface area (Å²) in [6, 6.07) is 18.8. The standard InChI is InChI=1S/C27H37N5O/c1-21-10-7-8-18-31(21)19-9-17-28-20-23-13-15-24(16-14-23)29-26-22(2)30(3)32(27(26)33)25-11-5-4-6-12-25/h4-6,11-16,21,28-29H,7-10,17-20H2,1-3H3/t21-/m1/s1. The summed E-state index contributed by atoms with van der Waals surface area (Å²) < 4.78 is 3.59. The first kappa shape index (κ1) is 23.3. The molecule has 3 aromatic rings. The molecule has 1 aliphatic heterocycles. The number of rotatable bonds is 9. The van der Waals surface area contributed by atoms with Crippen molar-refractivity contribution in [1.29, 1.82) is 0 Å². The summed E-state index contributed by atoms with van der Waals surface area (Å²) in [6.07, 6.45) is 5.26. The number of likely N-dealkylation sites (tertiary alicyclic amines) is 1. The molecule has 4 rings (SSSR count). The lowest BCUT2D eigenvalue weighted by Crippen LogP contribution is -2.38. The Kier molecular flexibility index (Phi) is 7.68. The molecule has 0 bridgehead atoms. The van der Waals surface area contributed by atoms with Crippen molar-refractivity contribution in [2.75, 3.05) is 25.0 Å². The van der Waals surface area contributed by atoms with Crippen molar-refractivity contribution < 1.29 is 0 Å². The molecule has 2 heterocycles. The number of aromatic nitrogens is 2. The van der Waals surface area contributed by atoms with E-state index in [-0.39, 0.29) is 5.56 Å². The average Bonchev–Trinajstić information content (AvgIpc) is 3.04. The first-order valence-electron chi connectivity index (χ1n) is 12.2. The first-order chi connectivity index (χ1) is 16.0. The van der Waals surface area contributed by atoms with E-state index in [0.29, 0.717) is 5.69 Å². The highest BCUT2D eigenvalue weighted by Gasteiger charge is 2.17. The molecule has 1 aromatic heterocycles. The second-order valence-electron chi connectivity index (χ2n) is 9.17. The van der Waals surface area contributed by atoms with Gasteiger partial charge >= 0.3 is 0 Å². The van der Waals surface area contributed by atoms with Crippen LogP contribution >= 0.6 is 0 Å². The van der Waals surface area contributed by atoms with Gasteiger partial charge in [0.05, 0.1) is 11.4 Å². The maximum atomic E-state index is 13.1. The van der Waals surface area contributed by atoms with Crippen LogP contribution in [0.15, 0.2) is 59.4 Å². The molecular formula is C27H37N5O. The van der Waals surface area contributed by atoms with Crippen LogP contribution in [0.2, 0.25) is 0 Å². The van der Waals surface area contributed by atoms with Gasteiger partial charge < -0.3 is 15.5 Å². The Morgan fingerprint density at radius 1 is 1.03 bits per heavy atom. The Morgan fingerprint density at radius 3 is 2.52 bits per heavy atom. The average molecular weight is 448 g/mol. The van der Waals surface area contributed by atoms with Gasteiger partial charge in [0.25, 0.3) is 5.56 Å². The molecular weight excluding hydrogens is 410 g/mol. The van der Waals surface area contributed by atoms with Crippen molar-refractivity contribution in [2.45, 2.75) is 52.1 Å². The van der Waals surface area contributed by atoms with Crippen molar-refractivity contribution in [3.63, 3.8) is 0 Å². The minimum absolute atomic E-state index is 0.0463. The number of para-hydroxylation sites is 1. The van der Waals surface area contributed by atoms with E-state index in [1.165, 1.54) is 44.3 Å². The second-order valence-corrected chi connectivity index (χ2v) is 9.17. The van der Waals surface area contributed by atoms with Gasteiger partial charge in [0.15, 0.2) is 0 Å². The van der Waals surface area contributed by atoms with Crippen LogP contribution < -0.4 is 16.2 Å². The maximum Gasteiger partial charge on any atom is 0.295 e. The first-order valence-corrected chi connectivity index (χ1v) is 12.2. The number of hydrogen-bond donors (Lipinski definition) is 2. The third-order valence-corrected chi connectivity index (χ3v) is 6.85. The molecule has 2 aromatic carbocycles. The molecule has 0 aliphatic carbocycles. The fourth-order valence-corrected chi connectivity index (χ4v) is 4.69. The molecule has 0 amide bonds. The molecule has 1 fully saturated rings. The van der Waals surface area contributed by atoms with E-state index in [4.69, 9.17) is 0 Å². The van der Waals surface area contributed by atoms with Crippen molar-refractivity contribution in [3.8, 4) is 5.69 Å². The quantitative estimate of drug-likeness (QED) is 0.472. The van der Waals surface area contributed by atoms with Crippen LogP contribution in [0.3, 0.4) is 0 Å². The normalized spacial score (nSPS) is 16.8. The van der Waals surface area contributed by atoms with Gasteiger partial charge in [-0.2, -0.15) is 0 Å². The van der Waals surface area contributed by atoms with Crippen molar-refractivity contribution in [3.05, 3.63) is 76.2 Å². The van der Waals surface area contributed by atoms with E-state index < -0.39 is 0 Å². The highest BCUT2D eigenvalue weighted by molar-refractivity contribution is 5.62. The summed E-state index contributed by atoms with van der Waals surface area (Å²) in [5.74, 6) is 0. The second kappa shape index (κ2) is 10.9. The lowest BCUT2D eigenvalue weighted by molar-refractivity contribution is 0.159. The molecule has 1 saturated heterocycles. The topological polar surface area (TPSA) is 54.2 Å². The zero-order valence-electron chi connectivity index (χ0n) is 20.2. The van der Waals surface area contributed by atoms with Gasteiger partial charge in [-0.1, -0.05) is 36.8 Å². The third-order valence-electron chi connectivity index (χ3n) is 6.85. The maximum absolute atomic E-state index is 13.1. The summed E-state index contributed by atoms with van der Waals surface area (Å²) in [4.78, 5) is 15.7. The number of hydrogen-bond acceptors (Lipinski definition) is 4. The Morgan fingerprint density at radius 2 is 1.79 bits per heavy atom. The van der Waals surface area contributed by atoms with E-state index in [2.05, 4.69) is 34.6 Å². The van der Waals surface area contributed by atoms with Gasteiger partial charge in [0, 0.05) is 25.3 Å². The number of anilines is 2. The van der Waals surface area contributed by atoms with Crippen molar-refractivity contribution >= 4 is 11.4 Å². The van der Waals surface area contributed by atoms with Crippen LogP contribution in [0.4, 0.5) is 11.4 Å². The molecule has 0 spiro atoms. The van der Waals surface area contributed by atoms with Gasteiger partial charge in [-0.25, -0.2) is 4.68 Å². The Hall–Kier alpha value is -2.83. The molecule has 176 valence electrons. The third kappa shape index (κ3) is 5.57. The summed E-state index contributed by atoms with van der Waals surface area (Å²) in [6.45, 7) is 8.66. The smallest absolute Gasteiger partial charge is 0.295 e. The summed E-state index contributed by atoms with van der Waals surface area (Å²) >= 11 is 0. The molecule has 0 saturated carbocycles. The van der Waals surface area contributed by atoms with E-state index >= 15 is 0 Å². The van der Waals surface area contributed by atoms with Crippen molar-refractivity contribution in [2.24, 2.45) is 7.05 Å². The summed E-state index contributed by atoms with van der Waals surface area (Å²) in [7, 11) is 1.91. The molecule has 1 atom stereocenters. The Balaban J connectivity index is 1.31. The van der Waals surface area contributed by atoms with Crippen LogP contribution in [0.1, 0.15) is 43.9 Å². The molecule has 1 aliphatic rings. The Labute approximate surface area is 197 Å². The van der Waals surface area contributed by atoms with E-state index in [1.54, 1.807) is 4.68 Å². The SMILES string of the molecule is Cc1c(Nc2ccc(CNCCCN3CCCC[C@H]3C)cc2)c(=O)n(-c2ccccc2)n1C. The van der Waals surface area contributed by atoms with Gasteiger partial charge in [-0.3, -0.25) is 9.48 Å². The summed E-state index contributed by atoms with van der Waals surface area (Å²) in [5, 5.41) is 6.90. The predicted molar refractivity (Wildman–Crippen MR) is 137 cm³/mol. The zero-order valence-corrected chi connectivity index (χ0v) is 20.2. The largest absolute Gasteiger partial charge is 0.349 e. The van der Waals surface area contributed by atoms with Crippen LogP contribution in [0.5, 0.6) is 0 Å². The van der Waals surface area contributed by atoms with Gasteiger partial charge in [-0.15, -0.1) is 0 Å². The van der Waals surface area contributed by atoms with Crippen LogP contribution in [0, 0.1) is 6.92 Å². The molecule has 6 heteroatoms. The zero-order chi connectivity index (χ0) is 23.2. The lowest BCUT2D eigenvalue weighted by atomic mass is 10.0. The predicted octanol–water partition coefficient (Wildman–Crippen LogP) is 4.58. The summed E-state index contributed by atoms with van der Waals surface area (Å²) in [5.41, 5.74) is 4.49. The van der Waals surface area contributed by atoms with Crippen LogP contribution in [0.25, 0.3) is 5.69 Å². The number of nitrogens with one attached hydrogen (secondary N) is 2. The number of benzene rings is 2. The highest BCUT2D eigenvalue weighted by Crippen LogP contribution is 2.20. The van der Waals surface area contributed by atoms with E-state index in [0.717, 1.165) is 36.2 Å². The molecule has 2 N–H and O–H groups in total. The van der Waals surface area contributed by atoms with Crippen LogP contribution in [-0.4, -0.2) is 39.9 Å². The fraction of sp³-hybridized carbons (Fsp3) is 0.444. The number of piperidine rings is 1. The van der Waals surface area contributed by atoms with Gasteiger partial charge in [-0.05, 0) is 82.6 Å². The fourth-order valence-electron chi connectivity index (χ4n) is 4.69. The molecule has 6 nitrogen and oxygen atoms in total. The monoisotopic (exact) mass is 447 g/mol. The number of nitrogens with zero attached hydrogens (tertiary/aromatic N) is 3. The van der Waals surface area contributed by atoms with Crippen molar-refractivity contribution in [1.82, 2.24) is 19.6 Å². The lowest BCUT2D eigenvalue weighted by Gasteiger charge is -2.33. The van der Waals surface area contributed by atoms with Gasteiger partial charge in [0.2, 0.25) is 0 Å². The van der Waals surface area contributed by atoms with E-state index in [1.807, 2.05) is 61.1 Å². The molecule has 33 heavy (non-hydrogen) atoms. The van der Waals surface area contributed by atoms with E-state index in [9.17, 15) is 4.79 Å². The highest BCUT2D eigenvalue weighted by atomic mass is 16.1. The minimum Gasteiger partial charge on any atom is -0.349 e. The molecule has 0 radical (unpaired) electrons.